The Morgan fingerprint density at radius 2 is 2.00 bits per heavy atom. The van der Waals surface area contributed by atoms with Crippen molar-refractivity contribution >= 4 is 27.9 Å². The smallest absolute Gasteiger partial charge is 0.327 e. The molecule has 0 aliphatic carbocycles. The van der Waals surface area contributed by atoms with Crippen LogP contribution in [0.15, 0.2) is 33.2 Å². The standard InChI is InChI=1S/C15H13BrN4O3/c16-10-5-3-9(4-6-10)13-18-17-12(23-13)8-20-14(21)11-2-1-7-19(11)15(20)22/h3-6,11H,1-2,7-8H2. The lowest BCUT2D eigenvalue weighted by Gasteiger charge is -2.13. The van der Waals surface area contributed by atoms with Gasteiger partial charge in [0.05, 0.1) is 0 Å². The number of rotatable bonds is 3. The SMILES string of the molecule is O=C1C2CCCN2C(=O)N1Cc1nnc(-c2ccc(Br)cc2)o1. The van der Waals surface area contributed by atoms with Gasteiger partial charge in [-0.25, -0.2) is 4.79 Å². The zero-order valence-electron chi connectivity index (χ0n) is 12.1. The van der Waals surface area contributed by atoms with Crippen LogP contribution in [-0.4, -0.2) is 44.5 Å². The number of carbonyl (C=O) groups is 2. The van der Waals surface area contributed by atoms with E-state index in [1.807, 2.05) is 24.3 Å². The predicted octanol–water partition coefficient (Wildman–Crippen LogP) is 2.43. The third-order valence-electron chi connectivity index (χ3n) is 4.13. The summed E-state index contributed by atoms with van der Waals surface area (Å²) in [5.41, 5.74) is 0.784. The molecule has 118 valence electrons. The fraction of sp³-hybridized carbons (Fsp3) is 0.333. The van der Waals surface area contributed by atoms with Crippen LogP contribution in [0.25, 0.3) is 11.5 Å². The number of hydrogen-bond donors (Lipinski definition) is 0. The lowest BCUT2D eigenvalue weighted by Crippen LogP contribution is -2.32. The summed E-state index contributed by atoms with van der Waals surface area (Å²) in [5, 5.41) is 7.93. The van der Waals surface area contributed by atoms with Crippen molar-refractivity contribution in [2.24, 2.45) is 0 Å². The van der Waals surface area contributed by atoms with Crippen LogP contribution in [0.1, 0.15) is 18.7 Å². The fourth-order valence-corrected chi connectivity index (χ4v) is 3.25. The number of halogens is 1. The highest BCUT2D eigenvalue weighted by Gasteiger charge is 2.47. The van der Waals surface area contributed by atoms with Crippen LogP contribution in [0.2, 0.25) is 0 Å². The van der Waals surface area contributed by atoms with Gasteiger partial charge in [0.1, 0.15) is 12.6 Å². The molecule has 3 heterocycles. The van der Waals surface area contributed by atoms with Crippen molar-refractivity contribution in [3.63, 3.8) is 0 Å². The molecule has 2 saturated heterocycles. The van der Waals surface area contributed by atoms with Crippen LogP contribution in [-0.2, 0) is 11.3 Å². The van der Waals surface area contributed by atoms with Gasteiger partial charge in [-0.05, 0) is 37.1 Å². The number of benzene rings is 1. The maximum Gasteiger partial charge on any atom is 0.327 e. The molecule has 0 radical (unpaired) electrons. The van der Waals surface area contributed by atoms with E-state index in [0.29, 0.717) is 12.4 Å². The molecule has 2 aliphatic heterocycles. The number of carbonyl (C=O) groups excluding carboxylic acids is 2. The highest BCUT2D eigenvalue weighted by atomic mass is 79.9. The molecule has 2 aliphatic rings. The molecule has 1 aromatic carbocycles. The lowest BCUT2D eigenvalue weighted by atomic mass is 10.2. The maximum absolute atomic E-state index is 12.3. The zero-order chi connectivity index (χ0) is 16.0. The largest absolute Gasteiger partial charge is 0.419 e. The van der Waals surface area contributed by atoms with Gasteiger partial charge in [-0.1, -0.05) is 15.9 Å². The molecule has 2 fully saturated rings. The van der Waals surface area contributed by atoms with Crippen molar-refractivity contribution in [1.29, 1.82) is 0 Å². The molecule has 1 atom stereocenters. The summed E-state index contributed by atoms with van der Waals surface area (Å²) >= 11 is 3.37. The number of urea groups is 1. The number of hydrogen-bond acceptors (Lipinski definition) is 5. The number of nitrogens with zero attached hydrogens (tertiary/aromatic N) is 4. The van der Waals surface area contributed by atoms with Crippen LogP contribution >= 0.6 is 15.9 Å². The number of imide groups is 1. The third-order valence-corrected chi connectivity index (χ3v) is 4.66. The Bertz CT molecular complexity index is 751. The van der Waals surface area contributed by atoms with E-state index >= 15 is 0 Å². The molecular weight excluding hydrogens is 364 g/mol. The summed E-state index contributed by atoms with van der Waals surface area (Å²) in [6.45, 7) is 0.661. The number of amides is 3. The minimum atomic E-state index is -0.309. The van der Waals surface area contributed by atoms with Crippen molar-refractivity contribution < 1.29 is 14.0 Å². The first kappa shape index (κ1) is 14.4. The van der Waals surface area contributed by atoms with Crippen LogP contribution in [0.3, 0.4) is 0 Å². The second-order valence-corrected chi connectivity index (χ2v) is 6.48. The Balaban J connectivity index is 1.53. The predicted molar refractivity (Wildman–Crippen MR) is 83.1 cm³/mol. The quantitative estimate of drug-likeness (QED) is 0.768. The van der Waals surface area contributed by atoms with Crippen LogP contribution in [0.5, 0.6) is 0 Å². The highest BCUT2D eigenvalue weighted by molar-refractivity contribution is 9.10. The summed E-state index contributed by atoms with van der Waals surface area (Å²) in [5.74, 6) is 0.453. The molecule has 0 saturated carbocycles. The fourth-order valence-electron chi connectivity index (χ4n) is 2.99. The molecule has 1 aromatic heterocycles. The van der Waals surface area contributed by atoms with Crippen LogP contribution < -0.4 is 0 Å². The maximum atomic E-state index is 12.3. The van der Waals surface area contributed by atoms with Gasteiger partial charge in [-0.15, -0.1) is 10.2 Å². The van der Waals surface area contributed by atoms with Crippen molar-refractivity contribution in [2.45, 2.75) is 25.4 Å². The average Bonchev–Trinajstić information content (AvgIpc) is 3.25. The topological polar surface area (TPSA) is 79.5 Å². The van der Waals surface area contributed by atoms with Crippen LogP contribution in [0.4, 0.5) is 4.79 Å². The lowest BCUT2D eigenvalue weighted by molar-refractivity contribution is -0.128. The van der Waals surface area contributed by atoms with Gasteiger partial charge in [0.15, 0.2) is 0 Å². The highest BCUT2D eigenvalue weighted by Crippen LogP contribution is 2.29. The Morgan fingerprint density at radius 1 is 1.22 bits per heavy atom. The minimum absolute atomic E-state index is 0.0220. The molecular formula is C15H13BrN4O3. The first-order chi connectivity index (χ1) is 11.1. The van der Waals surface area contributed by atoms with Crippen LogP contribution in [0, 0.1) is 0 Å². The van der Waals surface area contributed by atoms with Gasteiger partial charge < -0.3 is 9.32 Å². The van der Waals surface area contributed by atoms with Crippen molar-refractivity contribution in [1.82, 2.24) is 20.0 Å². The minimum Gasteiger partial charge on any atom is -0.419 e. The molecule has 4 rings (SSSR count). The number of aromatic nitrogens is 2. The first-order valence-corrected chi connectivity index (χ1v) is 8.13. The van der Waals surface area contributed by atoms with Gasteiger partial charge in [-0.3, -0.25) is 9.69 Å². The molecule has 23 heavy (non-hydrogen) atoms. The Labute approximate surface area is 140 Å². The Kier molecular flexibility index (Phi) is 3.41. The second-order valence-electron chi connectivity index (χ2n) is 5.57. The number of fused-ring (bicyclic) bond motifs is 1. The molecule has 0 bridgehead atoms. The monoisotopic (exact) mass is 376 g/mol. The van der Waals surface area contributed by atoms with E-state index < -0.39 is 0 Å². The molecule has 2 aromatic rings. The summed E-state index contributed by atoms with van der Waals surface area (Å²) in [6.07, 6.45) is 1.61. The molecule has 0 spiro atoms. The first-order valence-electron chi connectivity index (χ1n) is 7.34. The summed E-state index contributed by atoms with van der Waals surface area (Å²) in [7, 11) is 0. The summed E-state index contributed by atoms with van der Waals surface area (Å²) in [4.78, 5) is 27.4. The zero-order valence-corrected chi connectivity index (χ0v) is 13.7. The van der Waals surface area contributed by atoms with Crippen molar-refractivity contribution in [3.8, 4) is 11.5 Å². The summed E-state index contributed by atoms with van der Waals surface area (Å²) < 4.78 is 6.54. The van der Waals surface area contributed by atoms with Gasteiger partial charge in [-0.2, -0.15) is 0 Å². The van der Waals surface area contributed by atoms with E-state index in [1.54, 1.807) is 4.90 Å². The van der Waals surface area contributed by atoms with E-state index in [4.69, 9.17) is 4.42 Å². The molecule has 8 heteroatoms. The van der Waals surface area contributed by atoms with Crippen molar-refractivity contribution in [2.75, 3.05) is 6.54 Å². The second kappa shape index (κ2) is 5.45. The van der Waals surface area contributed by atoms with Gasteiger partial charge >= 0.3 is 6.03 Å². The van der Waals surface area contributed by atoms with Gasteiger partial charge in [0.2, 0.25) is 11.8 Å². The van der Waals surface area contributed by atoms with Crippen molar-refractivity contribution in [3.05, 3.63) is 34.6 Å². The van der Waals surface area contributed by atoms with E-state index in [1.165, 1.54) is 4.90 Å². The van der Waals surface area contributed by atoms with E-state index in [-0.39, 0.29) is 30.4 Å². The molecule has 0 N–H and O–H groups in total. The van der Waals surface area contributed by atoms with Gasteiger partial charge in [0.25, 0.3) is 5.91 Å². The van der Waals surface area contributed by atoms with E-state index in [2.05, 4.69) is 26.1 Å². The van der Waals surface area contributed by atoms with E-state index in [9.17, 15) is 9.59 Å². The molecule has 3 amide bonds. The van der Waals surface area contributed by atoms with Gasteiger partial charge in [0, 0.05) is 16.6 Å². The molecule has 7 nitrogen and oxygen atoms in total. The van der Waals surface area contributed by atoms with E-state index in [0.717, 1.165) is 22.9 Å². The average molecular weight is 377 g/mol. The normalized spacial score (nSPS) is 20.5. The summed E-state index contributed by atoms with van der Waals surface area (Å²) in [6, 6.07) is 6.88. The Morgan fingerprint density at radius 3 is 2.74 bits per heavy atom. The Hall–Kier alpha value is -2.22. The third kappa shape index (κ3) is 2.42. The molecule has 1 unspecified atom stereocenters.